The monoisotopic (exact) mass is 245 g/mol. The van der Waals surface area contributed by atoms with Crippen LogP contribution in [0.15, 0.2) is 12.0 Å². The molecule has 0 bridgehead atoms. The van der Waals surface area contributed by atoms with E-state index in [-0.39, 0.29) is 6.61 Å². The highest BCUT2D eigenvalue weighted by molar-refractivity contribution is 7.92. The Labute approximate surface area is 85.2 Å². The fourth-order valence-electron chi connectivity index (χ4n) is 1.24. The minimum absolute atomic E-state index is 0.126. The van der Waals surface area contributed by atoms with Crippen LogP contribution in [0.25, 0.3) is 0 Å². The SMILES string of the molecule is C=CS(=O)(=O)NC1(C(F)(F)F)CCOC1. The van der Waals surface area contributed by atoms with E-state index in [0.717, 1.165) is 0 Å². The molecule has 0 aliphatic carbocycles. The van der Waals surface area contributed by atoms with E-state index < -0.39 is 34.8 Å². The molecule has 1 unspecified atom stereocenters. The van der Waals surface area contributed by atoms with Crippen LogP contribution in [0.4, 0.5) is 13.2 Å². The average Bonchev–Trinajstić information content (AvgIpc) is 2.52. The Hall–Kier alpha value is -0.600. The first kappa shape index (κ1) is 12.5. The maximum Gasteiger partial charge on any atom is 0.409 e. The summed E-state index contributed by atoms with van der Waals surface area (Å²) in [5.41, 5.74) is -2.51. The minimum Gasteiger partial charge on any atom is -0.379 e. The highest BCUT2D eigenvalue weighted by Gasteiger charge is 2.58. The van der Waals surface area contributed by atoms with Gasteiger partial charge in [-0.05, 0) is 0 Å². The second-order valence-corrected chi connectivity index (χ2v) is 4.82. The van der Waals surface area contributed by atoms with E-state index in [9.17, 15) is 21.6 Å². The number of halogens is 3. The molecule has 0 aromatic carbocycles. The molecule has 1 saturated heterocycles. The van der Waals surface area contributed by atoms with Crippen molar-refractivity contribution in [3.05, 3.63) is 12.0 Å². The summed E-state index contributed by atoms with van der Waals surface area (Å²) in [4.78, 5) is 0. The predicted octanol–water partition coefficient (Wildman–Crippen LogP) is 0.771. The van der Waals surface area contributed by atoms with E-state index in [0.29, 0.717) is 5.41 Å². The summed E-state index contributed by atoms with van der Waals surface area (Å²) in [6.07, 6.45) is -5.11. The van der Waals surface area contributed by atoms with Crippen molar-refractivity contribution in [2.24, 2.45) is 0 Å². The highest BCUT2D eigenvalue weighted by atomic mass is 32.2. The van der Waals surface area contributed by atoms with Gasteiger partial charge in [0.15, 0.2) is 5.54 Å². The van der Waals surface area contributed by atoms with Crippen molar-refractivity contribution in [1.82, 2.24) is 4.72 Å². The lowest BCUT2D eigenvalue weighted by atomic mass is 10.0. The molecule has 1 aliphatic rings. The molecule has 0 amide bonds. The smallest absolute Gasteiger partial charge is 0.379 e. The summed E-state index contributed by atoms with van der Waals surface area (Å²) in [6, 6.07) is 0. The molecule has 0 aromatic rings. The molecule has 1 aliphatic heterocycles. The summed E-state index contributed by atoms with van der Waals surface area (Å²) < 4.78 is 66.1. The van der Waals surface area contributed by atoms with Crippen LogP contribution in [0.3, 0.4) is 0 Å². The van der Waals surface area contributed by atoms with Crippen LogP contribution in [0.5, 0.6) is 0 Å². The van der Waals surface area contributed by atoms with Gasteiger partial charge in [0.1, 0.15) is 0 Å². The molecule has 0 aromatic heterocycles. The first-order valence-electron chi connectivity index (χ1n) is 4.03. The molecule has 0 saturated carbocycles. The van der Waals surface area contributed by atoms with Crippen LogP contribution in [-0.2, 0) is 14.8 Å². The summed E-state index contributed by atoms with van der Waals surface area (Å²) in [6.45, 7) is 2.10. The largest absolute Gasteiger partial charge is 0.409 e. The zero-order valence-corrected chi connectivity index (χ0v) is 8.49. The third-order valence-corrected chi connectivity index (χ3v) is 3.24. The van der Waals surface area contributed by atoms with Crippen molar-refractivity contribution < 1.29 is 26.3 Å². The van der Waals surface area contributed by atoms with Crippen LogP contribution < -0.4 is 4.72 Å². The lowest BCUT2D eigenvalue weighted by molar-refractivity contribution is -0.189. The topological polar surface area (TPSA) is 55.4 Å². The molecular weight excluding hydrogens is 235 g/mol. The molecule has 1 N–H and O–H groups in total. The van der Waals surface area contributed by atoms with Gasteiger partial charge in [0.25, 0.3) is 0 Å². The molecule has 0 spiro atoms. The molecular formula is C7H10F3NO3S. The van der Waals surface area contributed by atoms with Gasteiger partial charge in [-0.2, -0.15) is 17.9 Å². The van der Waals surface area contributed by atoms with Crippen molar-refractivity contribution in [2.75, 3.05) is 13.2 Å². The maximum absolute atomic E-state index is 12.6. The van der Waals surface area contributed by atoms with Gasteiger partial charge in [-0.1, -0.05) is 6.58 Å². The quantitative estimate of drug-likeness (QED) is 0.799. The Kier molecular flexibility index (Phi) is 3.13. The van der Waals surface area contributed by atoms with Crippen LogP contribution in [0, 0.1) is 0 Å². The van der Waals surface area contributed by atoms with Crippen molar-refractivity contribution in [2.45, 2.75) is 18.1 Å². The summed E-state index contributed by atoms with van der Waals surface area (Å²) in [5, 5.41) is 0.443. The van der Waals surface area contributed by atoms with Crippen molar-refractivity contribution in [3.8, 4) is 0 Å². The van der Waals surface area contributed by atoms with Crippen LogP contribution in [0.2, 0.25) is 0 Å². The van der Waals surface area contributed by atoms with Gasteiger partial charge in [0, 0.05) is 18.4 Å². The number of hydrogen-bond acceptors (Lipinski definition) is 3. The van der Waals surface area contributed by atoms with Gasteiger partial charge in [0.05, 0.1) is 6.61 Å². The van der Waals surface area contributed by atoms with Crippen molar-refractivity contribution in [1.29, 1.82) is 0 Å². The van der Waals surface area contributed by atoms with Gasteiger partial charge in [-0.3, -0.25) is 0 Å². The van der Waals surface area contributed by atoms with Gasteiger partial charge in [0.2, 0.25) is 10.0 Å². The number of nitrogens with one attached hydrogen (secondary N) is 1. The van der Waals surface area contributed by atoms with E-state index >= 15 is 0 Å². The lowest BCUT2D eigenvalue weighted by Crippen LogP contribution is -2.58. The second-order valence-electron chi connectivity index (χ2n) is 3.20. The first-order chi connectivity index (χ1) is 6.72. The Morgan fingerprint density at radius 1 is 1.47 bits per heavy atom. The first-order valence-corrected chi connectivity index (χ1v) is 5.58. The third-order valence-electron chi connectivity index (χ3n) is 2.12. The van der Waals surface area contributed by atoms with E-state index in [2.05, 4.69) is 11.3 Å². The van der Waals surface area contributed by atoms with E-state index in [1.54, 1.807) is 4.72 Å². The number of hydrogen-bond donors (Lipinski definition) is 1. The molecule has 1 heterocycles. The third kappa shape index (κ3) is 2.50. The van der Waals surface area contributed by atoms with Gasteiger partial charge >= 0.3 is 6.18 Å². The van der Waals surface area contributed by atoms with Gasteiger partial charge in [-0.25, -0.2) is 8.42 Å². The Morgan fingerprint density at radius 2 is 2.07 bits per heavy atom. The molecule has 15 heavy (non-hydrogen) atoms. The normalized spacial score (nSPS) is 27.9. The maximum atomic E-state index is 12.6. The van der Waals surface area contributed by atoms with Gasteiger partial charge < -0.3 is 4.74 Å². The minimum atomic E-state index is -4.68. The predicted molar refractivity (Wildman–Crippen MR) is 46.5 cm³/mol. The standard InChI is InChI=1S/C7H10F3NO3S/c1-2-15(12,13)11-6(7(8,9)10)3-4-14-5-6/h2,11H,1,3-5H2. The number of rotatable bonds is 3. The Bertz CT molecular complexity index is 343. The van der Waals surface area contributed by atoms with E-state index in [1.807, 2.05) is 0 Å². The van der Waals surface area contributed by atoms with Crippen LogP contribution in [-0.4, -0.2) is 33.3 Å². The fraction of sp³-hybridized carbons (Fsp3) is 0.714. The molecule has 8 heteroatoms. The molecule has 1 rings (SSSR count). The molecule has 88 valence electrons. The van der Waals surface area contributed by atoms with E-state index in [1.165, 1.54) is 0 Å². The van der Waals surface area contributed by atoms with E-state index in [4.69, 9.17) is 0 Å². The zero-order chi connectivity index (χ0) is 11.7. The molecule has 1 atom stereocenters. The van der Waals surface area contributed by atoms with Gasteiger partial charge in [-0.15, -0.1) is 0 Å². The fourth-order valence-corrected chi connectivity index (χ4v) is 2.15. The number of alkyl halides is 3. The number of sulfonamides is 1. The molecule has 0 radical (unpaired) electrons. The van der Waals surface area contributed by atoms with Crippen LogP contribution in [0.1, 0.15) is 6.42 Å². The zero-order valence-electron chi connectivity index (χ0n) is 7.67. The second kappa shape index (κ2) is 3.76. The summed E-state index contributed by atoms with van der Waals surface area (Å²) >= 11 is 0. The highest BCUT2D eigenvalue weighted by Crippen LogP contribution is 2.37. The Balaban J connectivity index is 2.99. The van der Waals surface area contributed by atoms with Crippen LogP contribution >= 0.6 is 0 Å². The summed E-state index contributed by atoms with van der Waals surface area (Å²) in [5.74, 6) is 0. The van der Waals surface area contributed by atoms with Crippen molar-refractivity contribution >= 4 is 10.0 Å². The van der Waals surface area contributed by atoms with Crippen molar-refractivity contribution in [3.63, 3.8) is 0 Å². The molecule has 4 nitrogen and oxygen atoms in total. The Morgan fingerprint density at radius 3 is 2.40 bits per heavy atom. The summed E-state index contributed by atoms with van der Waals surface area (Å²) in [7, 11) is -4.13. The lowest BCUT2D eigenvalue weighted by Gasteiger charge is -2.29. The average molecular weight is 245 g/mol. The molecule has 1 fully saturated rings. The number of ether oxygens (including phenoxy) is 1.